The average Bonchev–Trinajstić information content (AvgIpc) is 2.80. The number of aromatic carboxylic acids is 1. The number of aryl methyl sites for hydroxylation is 1. The van der Waals surface area contributed by atoms with E-state index < -0.39 is 5.97 Å². The maximum absolute atomic E-state index is 13.3. The van der Waals surface area contributed by atoms with Crippen LogP contribution in [-0.4, -0.2) is 11.1 Å². The van der Waals surface area contributed by atoms with Crippen molar-refractivity contribution in [2.45, 2.75) is 13.5 Å². The SMILES string of the molecule is Cc1cc(F)c(Br)cc1NCc1ccsc1C(=O)O. The molecular formula is C13H11BrFNO2S. The Morgan fingerprint density at radius 2 is 2.26 bits per heavy atom. The second kappa shape index (κ2) is 5.71. The lowest BCUT2D eigenvalue weighted by molar-refractivity contribution is 0.0701. The monoisotopic (exact) mass is 343 g/mol. The highest BCUT2D eigenvalue weighted by Gasteiger charge is 2.12. The fourth-order valence-electron chi connectivity index (χ4n) is 1.69. The zero-order valence-corrected chi connectivity index (χ0v) is 12.4. The Morgan fingerprint density at radius 1 is 1.53 bits per heavy atom. The third-order valence-electron chi connectivity index (χ3n) is 2.68. The van der Waals surface area contributed by atoms with Crippen LogP contribution in [0.15, 0.2) is 28.1 Å². The highest BCUT2D eigenvalue weighted by Crippen LogP contribution is 2.25. The van der Waals surface area contributed by atoms with Crippen molar-refractivity contribution >= 4 is 38.9 Å². The first-order chi connectivity index (χ1) is 8.99. The molecule has 0 radical (unpaired) electrons. The number of benzene rings is 1. The van der Waals surface area contributed by atoms with Gasteiger partial charge in [-0.25, -0.2) is 9.18 Å². The van der Waals surface area contributed by atoms with Gasteiger partial charge in [0.1, 0.15) is 10.7 Å². The van der Waals surface area contributed by atoms with Crippen LogP contribution < -0.4 is 5.32 Å². The highest BCUT2D eigenvalue weighted by molar-refractivity contribution is 9.10. The molecule has 0 fully saturated rings. The molecule has 0 atom stereocenters. The first-order valence-corrected chi connectivity index (χ1v) is 7.15. The second-order valence-electron chi connectivity index (χ2n) is 4.01. The number of thiophene rings is 1. The van der Waals surface area contributed by atoms with Gasteiger partial charge in [0.05, 0.1) is 4.47 Å². The zero-order valence-electron chi connectivity index (χ0n) is 10.0. The Bertz CT molecular complexity index is 627. The quantitative estimate of drug-likeness (QED) is 0.871. The van der Waals surface area contributed by atoms with Gasteiger partial charge < -0.3 is 10.4 Å². The van der Waals surface area contributed by atoms with Gasteiger partial charge in [-0.2, -0.15) is 0 Å². The van der Waals surface area contributed by atoms with Crippen LogP contribution >= 0.6 is 27.3 Å². The standard InChI is InChI=1S/C13H11BrFNO2S/c1-7-4-10(15)9(14)5-11(7)16-6-8-2-3-19-12(8)13(17)18/h2-5,16H,6H2,1H3,(H,17,18). The van der Waals surface area contributed by atoms with E-state index in [0.29, 0.717) is 15.9 Å². The van der Waals surface area contributed by atoms with Gasteiger partial charge in [-0.05, 0) is 57.6 Å². The fourth-order valence-corrected chi connectivity index (χ4v) is 2.79. The van der Waals surface area contributed by atoms with Crippen molar-refractivity contribution in [2.75, 3.05) is 5.32 Å². The molecule has 2 rings (SSSR count). The summed E-state index contributed by atoms with van der Waals surface area (Å²) in [7, 11) is 0. The predicted molar refractivity (Wildman–Crippen MR) is 77.4 cm³/mol. The molecule has 0 saturated carbocycles. The van der Waals surface area contributed by atoms with Crippen LogP contribution in [0.5, 0.6) is 0 Å². The van der Waals surface area contributed by atoms with Crippen molar-refractivity contribution in [1.82, 2.24) is 0 Å². The molecular weight excluding hydrogens is 333 g/mol. The molecule has 0 spiro atoms. The van der Waals surface area contributed by atoms with Crippen LogP contribution in [0, 0.1) is 12.7 Å². The second-order valence-corrected chi connectivity index (χ2v) is 5.79. The summed E-state index contributed by atoms with van der Waals surface area (Å²) in [5, 5.41) is 13.9. The van der Waals surface area contributed by atoms with Gasteiger partial charge in [-0.15, -0.1) is 11.3 Å². The van der Waals surface area contributed by atoms with E-state index in [1.54, 1.807) is 24.4 Å². The first-order valence-electron chi connectivity index (χ1n) is 5.48. The Hall–Kier alpha value is -1.40. The molecule has 1 heterocycles. The van der Waals surface area contributed by atoms with Crippen LogP contribution in [0.25, 0.3) is 0 Å². The normalized spacial score (nSPS) is 10.5. The molecule has 3 nitrogen and oxygen atoms in total. The van der Waals surface area contributed by atoms with Gasteiger partial charge in [0, 0.05) is 12.2 Å². The predicted octanol–water partition coefficient (Wildman–Crippen LogP) is 4.27. The summed E-state index contributed by atoms with van der Waals surface area (Å²) in [6.45, 7) is 2.19. The maximum atomic E-state index is 13.3. The summed E-state index contributed by atoms with van der Waals surface area (Å²) in [5.74, 6) is -1.24. The smallest absolute Gasteiger partial charge is 0.346 e. The summed E-state index contributed by atoms with van der Waals surface area (Å²) in [4.78, 5) is 11.3. The van der Waals surface area contributed by atoms with Crippen molar-refractivity contribution in [3.63, 3.8) is 0 Å². The topological polar surface area (TPSA) is 49.3 Å². The number of hydrogen-bond acceptors (Lipinski definition) is 3. The van der Waals surface area contributed by atoms with Crippen molar-refractivity contribution in [2.24, 2.45) is 0 Å². The molecule has 0 aliphatic heterocycles. The molecule has 100 valence electrons. The van der Waals surface area contributed by atoms with Crippen LogP contribution in [0.4, 0.5) is 10.1 Å². The molecule has 6 heteroatoms. The molecule has 0 saturated heterocycles. The molecule has 19 heavy (non-hydrogen) atoms. The first kappa shape index (κ1) is 14.0. The number of carbonyl (C=O) groups is 1. The average molecular weight is 344 g/mol. The van der Waals surface area contributed by atoms with E-state index in [-0.39, 0.29) is 5.82 Å². The third kappa shape index (κ3) is 3.13. The van der Waals surface area contributed by atoms with Gasteiger partial charge >= 0.3 is 5.97 Å². The number of nitrogens with one attached hydrogen (secondary N) is 1. The Kier molecular flexibility index (Phi) is 4.21. The molecule has 0 bridgehead atoms. The van der Waals surface area contributed by atoms with Crippen LogP contribution in [0.3, 0.4) is 0 Å². The lowest BCUT2D eigenvalue weighted by Gasteiger charge is -2.10. The summed E-state index contributed by atoms with van der Waals surface area (Å²) in [5.41, 5.74) is 2.26. The van der Waals surface area contributed by atoms with E-state index in [9.17, 15) is 9.18 Å². The summed E-state index contributed by atoms with van der Waals surface area (Å²) in [6, 6.07) is 4.85. The lowest BCUT2D eigenvalue weighted by Crippen LogP contribution is -2.05. The molecule has 0 amide bonds. The molecule has 2 N–H and O–H groups in total. The highest BCUT2D eigenvalue weighted by atomic mass is 79.9. The van der Waals surface area contributed by atoms with Gasteiger partial charge in [-0.3, -0.25) is 0 Å². The molecule has 1 aromatic heterocycles. The molecule has 0 unspecified atom stereocenters. The third-order valence-corrected chi connectivity index (χ3v) is 4.23. The Balaban J connectivity index is 2.17. The van der Waals surface area contributed by atoms with Crippen molar-refractivity contribution in [3.05, 3.63) is 49.9 Å². The number of carboxylic acids is 1. The largest absolute Gasteiger partial charge is 0.477 e. The summed E-state index contributed by atoms with van der Waals surface area (Å²) >= 11 is 4.32. The van der Waals surface area contributed by atoms with Gasteiger partial charge in [0.25, 0.3) is 0 Å². The maximum Gasteiger partial charge on any atom is 0.346 e. The minimum absolute atomic E-state index is 0.315. The number of hydrogen-bond donors (Lipinski definition) is 2. The van der Waals surface area contributed by atoms with E-state index in [2.05, 4.69) is 21.2 Å². The van der Waals surface area contributed by atoms with Crippen molar-refractivity contribution < 1.29 is 14.3 Å². The van der Waals surface area contributed by atoms with E-state index in [4.69, 9.17) is 5.11 Å². The number of carboxylic acid groups (broad SMARTS) is 1. The molecule has 0 aliphatic carbocycles. The van der Waals surface area contributed by atoms with Gasteiger partial charge in [0.2, 0.25) is 0 Å². The van der Waals surface area contributed by atoms with E-state index >= 15 is 0 Å². The van der Waals surface area contributed by atoms with Gasteiger partial charge in [-0.1, -0.05) is 0 Å². The van der Waals surface area contributed by atoms with E-state index in [1.807, 2.05) is 0 Å². The molecule has 1 aromatic carbocycles. The minimum atomic E-state index is -0.927. The number of rotatable bonds is 4. The van der Waals surface area contributed by atoms with Crippen LogP contribution in [-0.2, 0) is 6.54 Å². The van der Waals surface area contributed by atoms with Gasteiger partial charge in [0.15, 0.2) is 0 Å². The zero-order chi connectivity index (χ0) is 14.0. The van der Waals surface area contributed by atoms with Crippen molar-refractivity contribution in [3.8, 4) is 0 Å². The fraction of sp³-hybridized carbons (Fsp3) is 0.154. The van der Waals surface area contributed by atoms with Crippen LogP contribution in [0.2, 0.25) is 0 Å². The molecule has 0 aliphatic rings. The number of anilines is 1. The summed E-state index contributed by atoms with van der Waals surface area (Å²) in [6.07, 6.45) is 0. The summed E-state index contributed by atoms with van der Waals surface area (Å²) < 4.78 is 13.7. The van der Waals surface area contributed by atoms with E-state index in [0.717, 1.165) is 16.8 Å². The number of halogens is 2. The van der Waals surface area contributed by atoms with Crippen LogP contribution in [0.1, 0.15) is 20.8 Å². The lowest BCUT2D eigenvalue weighted by atomic mass is 10.2. The molecule has 2 aromatic rings. The Labute approximate surface area is 122 Å². The van der Waals surface area contributed by atoms with E-state index in [1.165, 1.54) is 17.4 Å². The van der Waals surface area contributed by atoms with Crippen molar-refractivity contribution in [1.29, 1.82) is 0 Å². The Morgan fingerprint density at radius 3 is 2.95 bits per heavy atom. The minimum Gasteiger partial charge on any atom is -0.477 e.